The van der Waals surface area contributed by atoms with Crippen LogP contribution in [0.25, 0.3) is 11.5 Å². The summed E-state index contributed by atoms with van der Waals surface area (Å²) >= 11 is 0. The van der Waals surface area contributed by atoms with E-state index in [2.05, 4.69) is 38.8 Å². The van der Waals surface area contributed by atoms with Crippen LogP contribution in [-0.2, 0) is 19.4 Å². The highest BCUT2D eigenvalue weighted by Gasteiger charge is 2.09. The highest BCUT2D eigenvalue weighted by Crippen LogP contribution is 2.19. The third kappa shape index (κ3) is 5.44. The normalized spacial score (nSPS) is 11.6. The van der Waals surface area contributed by atoms with Crippen LogP contribution >= 0.6 is 0 Å². The van der Waals surface area contributed by atoms with Crippen LogP contribution < -0.4 is 10.6 Å². The maximum absolute atomic E-state index is 5.37. The Bertz CT molecular complexity index is 855. The van der Waals surface area contributed by atoms with Crippen LogP contribution in [0, 0.1) is 0 Å². The molecule has 0 saturated heterocycles. The number of guanidine groups is 1. The van der Waals surface area contributed by atoms with Gasteiger partial charge in [-0.1, -0.05) is 24.2 Å². The molecule has 0 atom stereocenters. The van der Waals surface area contributed by atoms with E-state index >= 15 is 0 Å². The summed E-state index contributed by atoms with van der Waals surface area (Å²) in [4.78, 5) is 8.69. The molecule has 0 radical (unpaired) electrons. The minimum atomic E-state index is 0.557. The molecule has 27 heavy (non-hydrogen) atoms. The minimum Gasteiger partial charge on any atom is -0.469 e. The Morgan fingerprint density at radius 1 is 1.15 bits per heavy atom. The number of nitrogens with one attached hydrogen (secondary N) is 2. The highest BCUT2D eigenvalue weighted by atomic mass is 16.5. The predicted molar refractivity (Wildman–Crippen MR) is 104 cm³/mol. The van der Waals surface area contributed by atoms with E-state index in [-0.39, 0.29) is 0 Å². The van der Waals surface area contributed by atoms with Crippen molar-refractivity contribution >= 4 is 5.96 Å². The van der Waals surface area contributed by atoms with Gasteiger partial charge in [0.25, 0.3) is 5.89 Å². The van der Waals surface area contributed by atoms with Gasteiger partial charge < -0.3 is 19.6 Å². The van der Waals surface area contributed by atoms with Gasteiger partial charge in [0.1, 0.15) is 5.76 Å². The van der Waals surface area contributed by atoms with Crippen LogP contribution in [0.2, 0.25) is 0 Å². The van der Waals surface area contributed by atoms with E-state index in [1.807, 2.05) is 30.3 Å². The Hall–Kier alpha value is -3.09. The van der Waals surface area contributed by atoms with Gasteiger partial charge in [-0.15, -0.1) is 0 Å². The zero-order valence-electron chi connectivity index (χ0n) is 15.7. The summed E-state index contributed by atoms with van der Waals surface area (Å²) in [6, 6.07) is 11.9. The molecule has 2 aromatic heterocycles. The predicted octanol–water partition coefficient (Wildman–Crippen LogP) is 3.19. The molecule has 0 aliphatic carbocycles. The van der Waals surface area contributed by atoms with Crippen molar-refractivity contribution in [1.82, 2.24) is 20.8 Å². The number of aliphatic imine (C=N–C) groups is 1. The fraction of sp³-hybridized carbons (Fsp3) is 0.350. The summed E-state index contributed by atoms with van der Waals surface area (Å²) < 4.78 is 10.7. The zero-order chi connectivity index (χ0) is 18.9. The average molecular weight is 367 g/mol. The summed E-state index contributed by atoms with van der Waals surface area (Å²) in [5.41, 5.74) is 2.03. The second-order valence-electron chi connectivity index (χ2n) is 6.15. The summed E-state index contributed by atoms with van der Waals surface area (Å²) in [6.45, 7) is 3.48. The lowest BCUT2D eigenvalue weighted by atomic mass is 10.1. The molecule has 0 aliphatic heterocycles. The number of rotatable bonds is 8. The molecule has 0 spiro atoms. The Morgan fingerprint density at radius 3 is 2.85 bits per heavy atom. The first kappa shape index (κ1) is 18.7. The minimum absolute atomic E-state index is 0.557. The van der Waals surface area contributed by atoms with Crippen LogP contribution in [0.3, 0.4) is 0 Å². The first-order chi connectivity index (χ1) is 13.3. The molecule has 1 aromatic carbocycles. The quantitative estimate of drug-likeness (QED) is 0.469. The highest BCUT2D eigenvalue weighted by molar-refractivity contribution is 5.79. The van der Waals surface area contributed by atoms with Gasteiger partial charge >= 0.3 is 0 Å². The number of benzene rings is 1. The molecule has 3 rings (SSSR count). The number of aryl methyl sites for hydroxylation is 1. The number of aromatic nitrogens is 2. The second-order valence-corrected chi connectivity index (χ2v) is 6.15. The van der Waals surface area contributed by atoms with Crippen LogP contribution in [0.4, 0.5) is 0 Å². The summed E-state index contributed by atoms with van der Waals surface area (Å²) in [7, 11) is 1.76. The van der Waals surface area contributed by atoms with Crippen molar-refractivity contribution in [3.05, 3.63) is 59.8 Å². The Labute approximate surface area is 158 Å². The monoisotopic (exact) mass is 367 g/mol. The van der Waals surface area contributed by atoms with Crippen molar-refractivity contribution < 1.29 is 8.94 Å². The van der Waals surface area contributed by atoms with Crippen molar-refractivity contribution in [2.45, 2.75) is 32.7 Å². The molecule has 2 heterocycles. The summed E-state index contributed by atoms with van der Waals surface area (Å²) in [5.74, 6) is 3.00. The molecule has 0 fully saturated rings. The van der Waals surface area contributed by atoms with E-state index in [0.29, 0.717) is 12.4 Å². The molecule has 0 bridgehead atoms. The Morgan fingerprint density at radius 2 is 2.07 bits per heavy atom. The maximum atomic E-state index is 5.37. The first-order valence-electron chi connectivity index (χ1n) is 9.17. The SMILES string of the molecule is CCCc1noc(-c2cccc(CNC(=NC)NCCc3ccco3)c2)n1. The van der Waals surface area contributed by atoms with Gasteiger partial charge in [-0.25, -0.2) is 0 Å². The van der Waals surface area contributed by atoms with E-state index in [9.17, 15) is 0 Å². The van der Waals surface area contributed by atoms with Gasteiger partial charge in [-0.2, -0.15) is 4.98 Å². The van der Waals surface area contributed by atoms with E-state index in [4.69, 9.17) is 8.94 Å². The van der Waals surface area contributed by atoms with Gasteiger partial charge in [-0.05, 0) is 36.2 Å². The van der Waals surface area contributed by atoms with Gasteiger partial charge in [0.15, 0.2) is 11.8 Å². The van der Waals surface area contributed by atoms with Crippen LogP contribution in [0.15, 0.2) is 56.6 Å². The van der Waals surface area contributed by atoms with Gasteiger partial charge in [0.2, 0.25) is 0 Å². The fourth-order valence-electron chi connectivity index (χ4n) is 2.68. The summed E-state index contributed by atoms with van der Waals surface area (Å²) in [6.07, 6.45) is 4.31. The number of hydrogen-bond donors (Lipinski definition) is 2. The molecular weight excluding hydrogens is 342 g/mol. The van der Waals surface area contributed by atoms with E-state index in [1.54, 1.807) is 13.3 Å². The first-order valence-corrected chi connectivity index (χ1v) is 9.17. The Balaban J connectivity index is 1.53. The van der Waals surface area contributed by atoms with Crippen LogP contribution in [0.1, 0.15) is 30.5 Å². The van der Waals surface area contributed by atoms with Crippen molar-refractivity contribution in [2.24, 2.45) is 4.99 Å². The van der Waals surface area contributed by atoms with Gasteiger partial charge in [0.05, 0.1) is 6.26 Å². The van der Waals surface area contributed by atoms with E-state index in [1.165, 1.54) is 0 Å². The number of nitrogens with zero attached hydrogens (tertiary/aromatic N) is 3. The average Bonchev–Trinajstić information content (AvgIpc) is 3.37. The largest absolute Gasteiger partial charge is 0.469 e. The van der Waals surface area contributed by atoms with E-state index < -0.39 is 0 Å². The van der Waals surface area contributed by atoms with Crippen molar-refractivity contribution in [1.29, 1.82) is 0 Å². The number of furan rings is 1. The molecule has 0 unspecified atom stereocenters. The summed E-state index contributed by atoms with van der Waals surface area (Å²) in [5, 5.41) is 10.6. The lowest BCUT2D eigenvalue weighted by Crippen LogP contribution is -2.37. The lowest BCUT2D eigenvalue weighted by Gasteiger charge is -2.11. The molecule has 0 aliphatic rings. The lowest BCUT2D eigenvalue weighted by molar-refractivity contribution is 0.422. The van der Waals surface area contributed by atoms with Crippen LogP contribution in [-0.4, -0.2) is 29.7 Å². The molecular formula is C20H25N5O2. The van der Waals surface area contributed by atoms with Gasteiger partial charge in [-0.3, -0.25) is 4.99 Å². The third-order valence-corrected chi connectivity index (χ3v) is 4.04. The molecule has 0 saturated carbocycles. The molecule has 7 nitrogen and oxygen atoms in total. The fourth-order valence-corrected chi connectivity index (χ4v) is 2.68. The molecule has 0 amide bonds. The second kappa shape index (κ2) is 9.56. The Kier molecular flexibility index (Phi) is 6.62. The van der Waals surface area contributed by atoms with Crippen molar-refractivity contribution in [3.63, 3.8) is 0 Å². The molecule has 7 heteroatoms. The van der Waals surface area contributed by atoms with Gasteiger partial charge in [0, 0.05) is 38.5 Å². The molecule has 142 valence electrons. The van der Waals surface area contributed by atoms with Crippen molar-refractivity contribution in [2.75, 3.05) is 13.6 Å². The molecule has 2 N–H and O–H groups in total. The smallest absolute Gasteiger partial charge is 0.257 e. The van der Waals surface area contributed by atoms with E-state index in [0.717, 1.165) is 54.5 Å². The zero-order valence-corrected chi connectivity index (χ0v) is 15.7. The number of hydrogen-bond acceptors (Lipinski definition) is 5. The molecule has 3 aromatic rings. The standard InChI is InChI=1S/C20H25N5O2/c1-3-6-18-24-19(27-25-18)16-8-4-7-15(13-16)14-23-20(21-2)22-11-10-17-9-5-12-26-17/h4-5,7-9,12-13H,3,6,10-11,14H2,1-2H3,(H2,21,22,23). The van der Waals surface area contributed by atoms with Crippen molar-refractivity contribution in [3.8, 4) is 11.5 Å². The van der Waals surface area contributed by atoms with Crippen LogP contribution in [0.5, 0.6) is 0 Å². The maximum Gasteiger partial charge on any atom is 0.257 e. The topological polar surface area (TPSA) is 88.5 Å². The third-order valence-electron chi connectivity index (χ3n) is 4.04.